The molecule has 0 unspecified atom stereocenters. The lowest BCUT2D eigenvalue weighted by molar-refractivity contribution is 0.303. The summed E-state index contributed by atoms with van der Waals surface area (Å²) in [5.74, 6) is 0. The zero-order valence-electron chi connectivity index (χ0n) is 5.70. The SMILES string of the molecule is C=C(CCO)n1ccnc1. The number of aromatic nitrogens is 2. The number of rotatable bonds is 3. The Morgan fingerprint density at radius 3 is 3.00 bits per heavy atom. The van der Waals surface area contributed by atoms with E-state index >= 15 is 0 Å². The topological polar surface area (TPSA) is 38.0 Å². The number of aliphatic hydroxyl groups is 1. The third-order valence-electron chi connectivity index (χ3n) is 1.27. The second-order valence-corrected chi connectivity index (χ2v) is 2.01. The molecule has 0 bridgehead atoms. The summed E-state index contributed by atoms with van der Waals surface area (Å²) in [5.41, 5.74) is 0.861. The first-order valence-corrected chi connectivity index (χ1v) is 3.11. The molecular formula is C7H10N2O. The fraction of sp³-hybridized carbons (Fsp3) is 0.286. The molecule has 1 N–H and O–H groups in total. The van der Waals surface area contributed by atoms with Crippen molar-refractivity contribution in [2.24, 2.45) is 0 Å². The van der Waals surface area contributed by atoms with Gasteiger partial charge in [0.15, 0.2) is 0 Å². The highest BCUT2D eigenvalue weighted by atomic mass is 16.3. The average molecular weight is 138 g/mol. The van der Waals surface area contributed by atoms with Gasteiger partial charge in [0.2, 0.25) is 0 Å². The van der Waals surface area contributed by atoms with Gasteiger partial charge in [0.25, 0.3) is 0 Å². The predicted octanol–water partition coefficient (Wildman–Crippen LogP) is 0.736. The molecule has 0 amide bonds. The number of imidazole rings is 1. The molecule has 0 saturated heterocycles. The van der Waals surface area contributed by atoms with Crippen molar-refractivity contribution in [1.29, 1.82) is 0 Å². The number of hydrogen-bond acceptors (Lipinski definition) is 2. The Kier molecular flexibility index (Phi) is 2.23. The summed E-state index contributed by atoms with van der Waals surface area (Å²) in [5, 5.41) is 8.54. The van der Waals surface area contributed by atoms with Crippen molar-refractivity contribution in [2.45, 2.75) is 6.42 Å². The molecule has 54 valence electrons. The van der Waals surface area contributed by atoms with E-state index in [9.17, 15) is 0 Å². The molecule has 0 aliphatic rings. The molecule has 1 aromatic rings. The lowest BCUT2D eigenvalue weighted by Crippen LogP contribution is -1.94. The van der Waals surface area contributed by atoms with Crippen molar-refractivity contribution < 1.29 is 5.11 Å². The van der Waals surface area contributed by atoms with E-state index in [0.29, 0.717) is 6.42 Å². The summed E-state index contributed by atoms with van der Waals surface area (Å²) in [6.45, 7) is 3.89. The molecule has 3 heteroatoms. The molecule has 0 aliphatic heterocycles. The van der Waals surface area contributed by atoms with E-state index in [0.717, 1.165) is 5.70 Å². The first-order chi connectivity index (χ1) is 4.84. The van der Waals surface area contributed by atoms with E-state index in [2.05, 4.69) is 11.6 Å². The van der Waals surface area contributed by atoms with Crippen LogP contribution < -0.4 is 0 Å². The number of hydrogen-bond donors (Lipinski definition) is 1. The third-order valence-corrected chi connectivity index (χ3v) is 1.27. The van der Waals surface area contributed by atoms with Gasteiger partial charge in [0, 0.05) is 31.1 Å². The maximum Gasteiger partial charge on any atom is 0.0988 e. The number of nitrogens with zero attached hydrogens (tertiary/aromatic N) is 2. The standard InChI is InChI=1S/C7H10N2O/c1-7(2-5-10)9-4-3-8-6-9/h3-4,6,10H,1-2,5H2. The molecule has 0 aliphatic carbocycles. The lowest BCUT2D eigenvalue weighted by atomic mass is 10.3. The van der Waals surface area contributed by atoms with Gasteiger partial charge in [0.05, 0.1) is 6.33 Å². The van der Waals surface area contributed by atoms with Crippen molar-refractivity contribution in [3.05, 3.63) is 25.3 Å². The summed E-state index contributed by atoms with van der Waals surface area (Å²) in [4.78, 5) is 3.85. The van der Waals surface area contributed by atoms with Crippen LogP contribution in [0.3, 0.4) is 0 Å². The summed E-state index contributed by atoms with van der Waals surface area (Å²) in [6, 6.07) is 0. The minimum Gasteiger partial charge on any atom is -0.396 e. The van der Waals surface area contributed by atoms with Crippen LogP contribution in [-0.2, 0) is 0 Å². The number of aliphatic hydroxyl groups excluding tert-OH is 1. The summed E-state index contributed by atoms with van der Waals surface area (Å²) in [7, 11) is 0. The first-order valence-electron chi connectivity index (χ1n) is 3.11. The van der Waals surface area contributed by atoms with Crippen LogP contribution in [0.1, 0.15) is 6.42 Å². The molecular weight excluding hydrogens is 128 g/mol. The van der Waals surface area contributed by atoms with E-state index in [4.69, 9.17) is 5.11 Å². The van der Waals surface area contributed by atoms with E-state index in [1.807, 2.05) is 0 Å². The van der Waals surface area contributed by atoms with Crippen LogP contribution in [0.5, 0.6) is 0 Å². The van der Waals surface area contributed by atoms with Gasteiger partial charge in [-0.25, -0.2) is 4.98 Å². The molecule has 0 atom stereocenters. The normalized spacial score (nSPS) is 9.70. The smallest absolute Gasteiger partial charge is 0.0988 e. The monoisotopic (exact) mass is 138 g/mol. The molecule has 1 heterocycles. The van der Waals surface area contributed by atoms with Crippen molar-refractivity contribution in [1.82, 2.24) is 9.55 Å². The Morgan fingerprint density at radius 2 is 2.50 bits per heavy atom. The van der Waals surface area contributed by atoms with Gasteiger partial charge >= 0.3 is 0 Å². The molecule has 0 spiro atoms. The van der Waals surface area contributed by atoms with Crippen LogP contribution >= 0.6 is 0 Å². The van der Waals surface area contributed by atoms with E-state index in [-0.39, 0.29) is 6.61 Å². The minimum absolute atomic E-state index is 0.136. The van der Waals surface area contributed by atoms with Crippen molar-refractivity contribution in [3.8, 4) is 0 Å². The lowest BCUT2D eigenvalue weighted by Gasteiger charge is -2.01. The van der Waals surface area contributed by atoms with Gasteiger partial charge in [-0.1, -0.05) is 6.58 Å². The van der Waals surface area contributed by atoms with Crippen LogP contribution in [-0.4, -0.2) is 21.3 Å². The Hall–Kier alpha value is -1.09. The summed E-state index contributed by atoms with van der Waals surface area (Å²) >= 11 is 0. The molecule has 1 aromatic heterocycles. The van der Waals surface area contributed by atoms with Gasteiger partial charge in [-0.3, -0.25) is 0 Å². The maximum absolute atomic E-state index is 8.54. The van der Waals surface area contributed by atoms with Gasteiger partial charge in [-0.05, 0) is 0 Å². The fourth-order valence-corrected chi connectivity index (χ4v) is 0.704. The van der Waals surface area contributed by atoms with Crippen LogP contribution in [0.15, 0.2) is 25.3 Å². The highest BCUT2D eigenvalue weighted by molar-refractivity contribution is 5.40. The van der Waals surface area contributed by atoms with Crippen LogP contribution in [0.4, 0.5) is 0 Å². The van der Waals surface area contributed by atoms with Gasteiger partial charge in [0.1, 0.15) is 0 Å². The zero-order chi connectivity index (χ0) is 7.40. The molecule has 10 heavy (non-hydrogen) atoms. The second kappa shape index (κ2) is 3.17. The van der Waals surface area contributed by atoms with Crippen molar-refractivity contribution >= 4 is 5.70 Å². The van der Waals surface area contributed by atoms with Crippen LogP contribution in [0.2, 0.25) is 0 Å². The van der Waals surface area contributed by atoms with Crippen molar-refractivity contribution in [3.63, 3.8) is 0 Å². The van der Waals surface area contributed by atoms with E-state index < -0.39 is 0 Å². The molecule has 1 rings (SSSR count). The van der Waals surface area contributed by atoms with E-state index in [1.54, 1.807) is 23.3 Å². The molecule has 3 nitrogen and oxygen atoms in total. The molecule has 0 radical (unpaired) electrons. The largest absolute Gasteiger partial charge is 0.396 e. The van der Waals surface area contributed by atoms with Gasteiger partial charge in [-0.15, -0.1) is 0 Å². The van der Waals surface area contributed by atoms with Gasteiger partial charge in [-0.2, -0.15) is 0 Å². The Labute approximate surface area is 59.6 Å². The first kappa shape index (κ1) is 7.02. The van der Waals surface area contributed by atoms with E-state index in [1.165, 1.54) is 0 Å². The predicted molar refractivity (Wildman–Crippen MR) is 39.3 cm³/mol. The summed E-state index contributed by atoms with van der Waals surface area (Å²) < 4.78 is 1.79. The maximum atomic E-state index is 8.54. The molecule has 0 aromatic carbocycles. The van der Waals surface area contributed by atoms with Crippen LogP contribution in [0.25, 0.3) is 5.70 Å². The second-order valence-electron chi connectivity index (χ2n) is 2.01. The average Bonchev–Trinajstić information content (AvgIpc) is 2.38. The quantitative estimate of drug-likeness (QED) is 0.668. The third kappa shape index (κ3) is 1.45. The highest BCUT2D eigenvalue weighted by Crippen LogP contribution is 2.03. The minimum atomic E-state index is 0.136. The molecule has 0 saturated carbocycles. The van der Waals surface area contributed by atoms with Crippen LogP contribution in [0, 0.1) is 0 Å². The Bertz CT molecular complexity index is 203. The Balaban J connectivity index is 2.59. The highest BCUT2D eigenvalue weighted by Gasteiger charge is 1.93. The van der Waals surface area contributed by atoms with Crippen molar-refractivity contribution in [2.75, 3.05) is 6.61 Å². The summed E-state index contributed by atoms with van der Waals surface area (Å²) in [6.07, 6.45) is 5.74. The molecule has 0 fully saturated rings. The fourth-order valence-electron chi connectivity index (χ4n) is 0.704. The Morgan fingerprint density at radius 1 is 1.70 bits per heavy atom. The zero-order valence-corrected chi connectivity index (χ0v) is 5.70. The van der Waals surface area contributed by atoms with Gasteiger partial charge < -0.3 is 9.67 Å².